The van der Waals surface area contributed by atoms with Crippen LogP contribution in [0.2, 0.25) is 4.34 Å². The molecule has 0 unspecified atom stereocenters. The van der Waals surface area contributed by atoms with Crippen molar-refractivity contribution in [3.8, 4) is 10.6 Å². The van der Waals surface area contributed by atoms with Gasteiger partial charge in [0.1, 0.15) is 0 Å². The highest BCUT2D eigenvalue weighted by molar-refractivity contribution is 7.19. The zero-order valence-electron chi connectivity index (χ0n) is 14.2. The quantitative estimate of drug-likeness (QED) is 0.648. The molecule has 0 aliphatic rings. The summed E-state index contributed by atoms with van der Waals surface area (Å²) >= 11 is 7.54. The van der Waals surface area contributed by atoms with Gasteiger partial charge in [0, 0.05) is 6.54 Å². The Kier molecular flexibility index (Phi) is 5.56. The smallest absolute Gasteiger partial charge is 0.272 e. The summed E-state index contributed by atoms with van der Waals surface area (Å²) in [5.41, 5.74) is 2.42. The summed E-state index contributed by atoms with van der Waals surface area (Å²) in [6, 6.07) is 15.5. The third kappa shape index (κ3) is 4.11. The van der Waals surface area contributed by atoms with Crippen molar-refractivity contribution in [3.05, 3.63) is 64.1 Å². The van der Waals surface area contributed by atoms with E-state index in [9.17, 15) is 4.79 Å². The van der Waals surface area contributed by atoms with Crippen LogP contribution in [0.25, 0.3) is 10.6 Å². The molecule has 1 amide bonds. The molecule has 1 N–H and O–H groups in total. The summed E-state index contributed by atoms with van der Waals surface area (Å²) in [5, 5.41) is 7.51. The molecule has 2 heterocycles. The molecule has 1 aromatic carbocycles. The Labute approximate surface area is 156 Å². The number of aromatic nitrogens is 2. The highest BCUT2D eigenvalue weighted by atomic mass is 35.5. The molecule has 0 radical (unpaired) electrons. The van der Waals surface area contributed by atoms with Crippen molar-refractivity contribution in [1.82, 2.24) is 15.1 Å². The second kappa shape index (κ2) is 7.85. The summed E-state index contributed by atoms with van der Waals surface area (Å²) < 4.78 is 2.60. The fourth-order valence-electron chi connectivity index (χ4n) is 2.66. The third-order valence-corrected chi connectivity index (χ3v) is 5.17. The van der Waals surface area contributed by atoms with E-state index in [2.05, 4.69) is 17.3 Å². The molecule has 3 aromatic rings. The first-order chi connectivity index (χ1) is 12.1. The minimum absolute atomic E-state index is 0.0790. The number of hydrogen-bond acceptors (Lipinski definition) is 3. The van der Waals surface area contributed by atoms with E-state index in [1.165, 1.54) is 11.3 Å². The highest BCUT2D eigenvalue weighted by Gasteiger charge is 2.18. The summed E-state index contributed by atoms with van der Waals surface area (Å²) in [7, 11) is 0. The molecule has 1 atom stereocenters. The maximum atomic E-state index is 12.6. The third-order valence-electron chi connectivity index (χ3n) is 3.92. The van der Waals surface area contributed by atoms with Crippen LogP contribution in [-0.4, -0.2) is 15.7 Å². The van der Waals surface area contributed by atoms with Gasteiger partial charge in [-0.15, -0.1) is 11.3 Å². The SMILES string of the molecule is CCCn1nc(C(=O)N[C@@H](C)c2ccccc2)cc1-c1ccc(Cl)s1. The molecular weight excluding hydrogens is 354 g/mol. The lowest BCUT2D eigenvalue weighted by molar-refractivity contribution is 0.0934. The standard InChI is InChI=1S/C19H20ClN3OS/c1-3-11-23-16(17-9-10-18(20)25-17)12-15(22-23)19(24)21-13(2)14-7-5-4-6-8-14/h4-10,12-13H,3,11H2,1-2H3,(H,21,24)/t13-/m0/s1. The predicted octanol–water partition coefficient (Wildman–Crippen LogP) is 5.17. The van der Waals surface area contributed by atoms with Crippen LogP contribution in [0.1, 0.15) is 42.4 Å². The van der Waals surface area contributed by atoms with Gasteiger partial charge in [-0.1, -0.05) is 48.9 Å². The Morgan fingerprint density at radius 2 is 2.04 bits per heavy atom. The number of thiophene rings is 1. The molecule has 0 aliphatic carbocycles. The van der Waals surface area contributed by atoms with Crippen LogP contribution in [0.5, 0.6) is 0 Å². The van der Waals surface area contributed by atoms with Crippen molar-refractivity contribution in [2.75, 3.05) is 0 Å². The number of amides is 1. The topological polar surface area (TPSA) is 46.9 Å². The molecule has 0 saturated heterocycles. The fraction of sp³-hybridized carbons (Fsp3) is 0.263. The lowest BCUT2D eigenvalue weighted by Crippen LogP contribution is -2.27. The number of nitrogens with zero attached hydrogens (tertiary/aromatic N) is 2. The number of carbonyl (C=O) groups is 1. The summed E-state index contributed by atoms with van der Waals surface area (Å²) in [5.74, 6) is -0.171. The molecule has 0 fully saturated rings. The van der Waals surface area contributed by atoms with E-state index >= 15 is 0 Å². The maximum absolute atomic E-state index is 12.6. The summed E-state index contributed by atoms with van der Waals surface area (Å²) in [4.78, 5) is 13.6. The van der Waals surface area contributed by atoms with E-state index in [4.69, 9.17) is 11.6 Å². The van der Waals surface area contributed by atoms with E-state index < -0.39 is 0 Å². The maximum Gasteiger partial charge on any atom is 0.272 e. The predicted molar refractivity (Wildman–Crippen MR) is 103 cm³/mol. The van der Waals surface area contributed by atoms with E-state index in [1.807, 2.05) is 60.1 Å². The second-order valence-corrected chi connectivity index (χ2v) is 7.56. The molecule has 0 spiro atoms. The molecule has 0 saturated carbocycles. The highest BCUT2D eigenvalue weighted by Crippen LogP contribution is 2.31. The Balaban J connectivity index is 1.83. The number of carbonyl (C=O) groups excluding carboxylic acids is 1. The zero-order valence-corrected chi connectivity index (χ0v) is 15.8. The van der Waals surface area contributed by atoms with Crippen LogP contribution in [0.15, 0.2) is 48.5 Å². The van der Waals surface area contributed by atoms with Crippen LogP contribution < -0.4 is 5.32 Å². The van der Waals surface area contributed by atoms with Gasteiger partial charge in [-0.3, -0.25) is 9.48 Å². The van der Waals surface area contributed by atoms with Crippen molar-refractivity contribution in [1.29, 1.82) is 0 Å². The number of hydrogen-bond donors (Lipinski definition) is 1. The lowest BCUT2D eigenvalue weighted by atomic mass is 10.1. The van der Waals surface area contributed by atoms with E-state index in [0.29, 0.717) is 5.69 Å². The van der Waals surface area contributed by atoms with Gasteiger partial charge in [0.05, 0.1) is 20.9 Å². The van der Waals surface area contributed by atoms with Gasteiger partial charge in [-0.25, -0.2) is 0 Å². The molecular formula is C19H20ClN3OS. The Hall–Kier alpha value is -2.11. The van der Waals surface area contributed by atoms with Gasteiger partial charge in [0.15, 0.2) is 5.69 Å². The molecule has 4 nitrogen and oxygen atoms in total. The number of aryl methyl sites for hydroxylation is 1. The first-order valence-corrected chi connectivity index (χ1v) is 9.47. The van der Waals surface area contributed by atoms with E-state index in [0.717, 1.165) is 33.4 Å². The van der Waals surface area contributed by atoms with Gasteiger partial charge in [0.25, 0.3) is 5.91 Å². The van der Waals surface area contributed by atoms with Crippen LogP contribution in [-0.2, 0) is 6.54 Å². The first kappa shape index (κ1) is 17.7. The second-order valence-electron chi connectivity index (χ2n) is 5.85. The van der Waals surface area contributed by atoms with Gasteiger partial charge in [-0.2, -0.15) is 5.10 Å². The average Bonchev–Trinajstić information content (AvgIpc) is 3.22. The van der Waals surface area contributed by atoms with Gasteiger partial charge in [0.2, 0.25) is 0 Å². The minimum atomic E-state index is -0.171. The molecule has 6 heteroatoms. The summed E-state index contributed by atoms with van der Waals surface area (Å²) in [6.45, 7) is 4.81. The van der Waals surface area contributed by atoms with Crippen molar-refractivity contribution < 1.29 is 4.79 Å². The Morgan fingerprint density at radius 3 is 2.68 bits per heavy atom. The van der Waals surface area contributed by atoms with E-state index in [-0.39, 0.29) is 11.9 Å². The molecule has 2 aromatic heterocycles. The van der Waals surface area contributed by atoms with Crippen molar-refractivity contribution >= 4 is 28.8 Å². The molecule has 0 aliphatic heterocycles. The van der Waals surface area contributed by atoms with E-state index in [1.54, 1.807) is 0 Å². The van der Waals surface area contributed by atoms with Crippen LogP contribution >= 0.6 is 22.9 Å². The molecule has 0 bridgehead atoms. The van der Waals surface area contributed by atoms with Gasteiger partial charge < -0.3 is 5.32 Å². The zero-order chi connectivity index (χ0) is 17.8. The van der Waals surface area contributed by atoms with Crippen LogP contribution in [0, 0.1) is 0 Å². The Bertz CT molecular complexity index is 857. The summed E-state index contributed by atoms with van der Waals surface area (Å²) in [6.07, 6.45) is 0.940. The van der Waals surface area contributed by atoms with Gasteiger partial charge >= 0.3 is 0 Å². The van der Waals surface area contributed by atoms with Crippen LogP contribution in [0.4, 0.5) is 0 Å². The number of nitrogens with one attached hydrogen (secondary N) is 1. The number of benzene rings is 1. The van der Waals surface area contributed by atoms with Crippen LogP contribution in [0.3, 0.4) is 0 Å². The van der Waals surface area contributed by atoms with Gasteiger partial charge in [-0.05, 0) is 37.1 Å². The van der Waals surface area contributed by atoms with Crippen molar-refractivity contribution in [2.24, 2.45) is 0 Å². The largest absolute Gasteiger partial charge is 0.344 e. The molecule has 25 heavy (non-hydrogen) atoms. The molecule has 3 rings (SSSR count). The molecule has 130 valence electrons. The number of halogens is 1. The monoisotopic (exact) mass is 373 g/mol. The van der Waals surface area contributed by atoms with Crippen molar-refractivity contribution in [3.63, 3.8) is 0 Å². The lowest BCUT2D eigenvalue weighted by Gasteiger charge is -2.13. The average molecular weight is 374 g/mol. The first-order valence-electron chi connectivity index (χ1n) is 8.28. The van der Waals surface area contributed by atoms with Crippen molar-refractivity contribution in [2.45, 2.75) is 32.9 Å². The minimum Gasteiger partial charge on any atom is -0.344 e. The Morgan fingerprint density at radius 1 is 1.28 bits per heavy atom. The number of rotatable bonds is 6. The fourth-order valence-corrected chi connectivity index (χ4v) is 3.72. The normalized spacial score (nSPS) is 12.1.